The van der Waals surface area contributed by atoms with E-state index < -0.39 is 5.97 Å². The lowest BCUT2D eigenvalue weighted by Crippen LogP contribution is -2.25. The Balaban J connectivity index is 1.58. The summed E-state index contributed by atoms with van der Waals surface area (Å²) in [4.78, 5) is 22.9. The number of halogens is 2. The number of carboxylic acids is 1. The van der Waals surface area contributed by atoms with Crippen LogP contribution in [0, 0.1) is 0 Å². The topological polar surface area (TPSA) is 93.5 Å². The molecule has 2 aromatic carbocycles. The molecule has 0 saturated carbocycles. The summed E-state index contributed by atoms with van der Waals surface area (Å²) in [5, 5.41) is 17.3. The van der Waals surface area contributed by atoms with Gasteiger partial charge in [0.15, 0.2) is 0 Å². The van der Waals surface area contributed by atoms with E-state index >= 15 is 0 Å². The molecule has 1 aliphatic carbocycles. The summed E-state index contributed by atoms with van der Waals surface area (Å²) in [6, 6.07) is 14.6. The molecule has 1 amide bonds. The highest BCUT2D eigenvalue weighted by Crippen LogP contribution is 2.32. The smallest absolute Gasteiger partial charge is 0.305 e. The Bertz CT molecular complexity index is 1310. The molecule has 1 aromatic heterocycles. The molecule has 3 aromatic rings. The first kappa shape index (κ1) is 25.5. The summed E-state index contributed by atoms with van der Waals surface area (Å²) in [6.07, 6.45) is 6.76. The molecule has 186 valence electrons. The highest BCUT2D eigenvalue weighted by molar-refractivity contribution is 6.35. The van der Waals surface area contributed by atoms with Gasteiger partial charge in [-0.1, -0.05) is 41.4 Å². The number of aromatic nitrogens is 2. The Hall–Kier alpha value is -3.55. The van der Waals surface area contributed by atoms with Crippen LogP contribution < -0.4 is 5.32 Å². The van der Waals surface area contributed by atoms with Crippen LogP contribution in [0.3, 0.4) is 0 Å². The van der Waals surface area contributed by atoms with E-state index in [1.807, 2.05) is 41.1 Å². The number of methoxy groups -OCH3 is 1. The van der Waals surface area contributed by atoms with Gasteiger partial charge < -0.3 is 15.2 Å². The van der Waals surface area contributed by atoms with Crippen LogP contribution in [-0.4, -0.2) is 40.4 Å². The molecule has 0 radical (unpaired) electrons. The Labute approximate surface area is 219 Å². The molecule has 0 saturated heterocycles. The van der Waals surface area contributed by atoms with E-state index in [1.165, 1.54) is 0 Å². The minimum Gasteiger partial charge on any atom is -0.497 e. The van der Waals surface area contributed by atoms with Gasteiger partial charge in [0.05, 0.1) is 25.8 Å². The van der Waals surface area contributed by atoms with Gasteiger partial charge in [0.25, 0.3) is 5.91 Å². The van der Waals surface area contributed by atoms with E-state index in [9.17, 15) is 9.59 Å². The van der Waals surface area contributed by atoms with Gasteiger partial charge in [-0.3, -0.25) is 14.3 Å². The van der Waals surface area contributed by atoms with Crippen LogP contribution >= 0.6 is 23.2 Å². The van der Waals surface area contributed by atoms with Crippen LogP contribution in [0.25, 0.3) is 11.3 Å². The third-order valence-corrected chi connectivity index (χ3v) is 6.26. The maximum atomic E-state index is 12.3. The Morgan fingerprint density at radius 2 is 1.86 bits per heavy atom. The number of carboxylic acid groups (broad SMARTS) is 1. The van der Waals surface area contributed by atoms with Gasteiger partial charge in [-0.05, 0) is 60.5 Å². The standard InChI is InChI=1S/C27H25Cl2N3O4/c1-36-23-8-6-18(7-9-23)25-15-24(20-12-21(28)14-22(29)13-20)31-32(25)16-17-2-4-19(5-3-17)27(35)30-11-10-26(33)34/h2-6,8-9,12-15,18H,7,10-11,16H2,1H3,(H,30,35)(H,33,34)/t18-/m0/s1. The zero-order valence-electron chi connectivity index (χ0n) is 19.6. The average molecular weight is 526 g/mol. The predicted octanol–water partition coefficient (Wildman–Crippen LogP) is 5.68. The van der Waals surface area contributed by atoms with E-state index in [4.69, 9.17) is 38.1 Å². The fourth-order valence-corrected chi connectivity index (χ4v) is 4.52. The fourth-order valence-electron chi connectivity index (χ4n) is 3.99. The number of hydrogen-bond acceptors (Lipinski definition) is 4. The van der Waals surface area contributed by atoms with Crippen LogP contribution in [0.5, 0.6) is 0 Å². The number of ether oxygens (including phenoxy) is 1. The summed E-state index contributed by atoms with van der Waals surface area (Å²) in [5.41, 5.74) is 4.04. The highest BCUT2D eigenvalue weighted by Gasteiger charge is 2.20. The van der Waals surface area contributed by atoms with Crippen molar-refractivity contribution in [3.05, 3.63) is 99.4 Å². The van der Waals surface area contributed by atoms with Crippen molar-refractivity contribution < 1.29 is 19.4 Å². The van der Waals surface area contributed by atoms with Crippen LogP contribution in [0.15, 0.2) is 72.5 Å². The molecule has 4 rings (SSSR count). The van der Waals surface area contributed by atoms with Crippen molar-refractivity contribution in [1.82, 2.24) is 15.1 Å². The minimum atomic E-state index is -0.957. The molecule has 0 fully saturated rings. The van der Waals surface area contributed by atoms with Gasteiger partial charge in [-0.15, -0.1) is 0 Å². The maximum absolute atomic E-state index is 12.3. The summed E-state index contributed by atoms with van der Waals surface area (Å²) < 4.78 is 7.28. The van der Waals surface area contributed by atoms with E-state index in [-0.39, 0.29) is 24.8 Å². The van der Waals surface area contributed by atoms with Crippen molar-refractivity contribution in [2.75, 3.05) is 13.7 Å². The molecule has 1 aliphatic rings. The largest absolute Gasteiger partial charge is 0.497 e. The molecule has 1 heterocycles. The summed E-state index contributed by atoms with van der Waals surface area (Å²) >= 11 is 12.5. The lowest BCUT2D eigenvalue weighted by atomic mass is 9.95. The molecule has 0 spiro atoms. The third-order valence-electron chi connectivity index (χ3n) is 5.82. The van der Waals surface area contributed by atoms with Crippen molar-refractivity contribution in [3.8, 4) is 11.3 Å². The fraction of sp³-hybridized carbons (Fsp3) is 0.222. The molecule has 0 aliphatic heterocycles. The van der Waals surface area contributed by atoms with Crippen molar-refractivity contribution >= 4 is 35.1 Å². The first-order valence-corrected chi connectivity index (χ1v) is 12.1. The van der Waals surface area contributed by atoms with Gasteiger partial charge in [0.1, 0.15) is 5.76 Å². The number of allylic oxidation sites excluding steroid dienone is 3. The monoisotopic (exact) mass is 525 g/mol. The Morgan fingerprint density at radius 1 is 1.14 bits per heavy atom. The number of benzene rings is 2. The number of aliphatic carboxylic acids is 1. The van der Waals surface area contributed by atoms with E-state index in [1.54, 1.807) is 25.3 Å². The summed E-state index contributed by atoms with van der Waals surface area (Å²) in [7, 11) is 1.65. The van der Waals surface area contributed by atoms with Crippen LogP contribution in [0.2, 0.25) is 10.0 Å². The number of nitrogens with zero attached hydrogens (tertiary/aromatic N) is 2. The second kappa shape index (κ2) is 11.5. The lowest BCUT2D eigenvalue weighted by molar-refractivity contribution is -0.136. The molecule has 1 atom stereocenters. The molecule has 7 nitrogen and oxygen atoms in total. The second-order valence-corrected chi connectivity index (χ2v) is 9.25. The van der Waals surface area contributed by atoms with Crippen LogP contribution in [0.1, 0.15) is 40.4 Å². The number of carbonyl (C=O) groups is 2. The van der Waals surface area contributed by atoms with E-state index in [0.717, 1.165) is 34.7 Å². The lowest BCUT2D eigenvalue weighted by Gasteiger charge is -2.17. The highest BCUT2D eigenvalue weighted by atomic mass is 35.5. The third kappa shape index (κ3) is 6.36. The number of hydrogen-bond donors (Lipinski definition) is 2. The van der Waals surface area contributed by atoms with Crippen molar-refractivity contribution in [2.24, 2.45) is 0 Å². The van der Waals surface area contributed by atoms with Gasteiger partial charge in [0.2, 0.25) is 0 Å². The first-order chi connectivity index (χ1) is 17.3. The molecule has 0 unspecified atom stereocenters. The number of amides is 1. The quantitative estimate of drug-likeness (QED) is 0.374. The van der Waals surface area contributed by atoms with Gasteiger partial charge in [-0.2, -0.15) is 5.10 Å². The number of carbonyl (C=O) groups excluding carboxylic acids is 1. The molecular formula is C27H25Cl2N3O4. The molecule has 0 bridgehead atoms. The first-order valence-electron chi connectivity index (χ1n) is 11.4. The Morgan fingerprint density at radius 3 is 2.47 bits per heavy atom. The van der Waals surface area contributed by atoms with Crippen molar-refractivity contribution in [2.45, 2.75) is 25.3 Å². The average Bonchev–Trinajstić information content (AvgIpc) is 3.27. The zero-order chi connectivity index (χ0) is 25.7. The molecule has 36 heavy (non-hydrogen) atoms. The zero-order valence-corrected chi connectivity index (χ0v) is 21.1. The molecule has 2 N–H and O–H groups in total. The SMILES string of the molecule is COC1=CC[C@@H](c2cc(-c3cc(Cl)cc(Cl)c3)nn2Cc2ccc(C(=O)NCCC(=O)O)cc2)C=C1. The Kier molecular flexibility index (Phi) is 8.13. The van der Waals surface area contributed by atoms with Crippen LogP contribution in [-0.2, 0) is 16.1 Å². The van der Waals surface area contributed by atoms with Crippen LogP contribution in [0.4, 0.5) is 0 Å². The molecule has 9 heteroatoms. The number of rotatable bonds is 9. The summed E-state index contributed by atoms with van der Waals surface area (Å²) in [5.74, 6) is -0.326. The second-order valence-electron chi connectivity index (χ2n) is 8.38. The predicted molar refractivity (Wildman–Crippen MR) is 139 cm³/mol. The minimum absolute atomic E-state index is 0.0804. The van der Waals surface area contributed by atoms with Crippen molar-refractivity contribution in [1.29, 1.82) is 0 Å². The number of nitrogens with one attached hydrogen (secondary N) is 1. The van der Waals surface area contributed by atoms with Gasteiger partial charge in [-0.25, -0.2) is 0 Å². The van der Waals surface area contributed by atoms with Gasteiger partial charge in [0, 0.05) is 39.3 Å². The maximum Gasteiger partial charge on any atom is 0.305 e. The summed E-state index contributed by atoms with van der Waals surface area (Å²) in [6.45, 7) is 0.576. The van der Waals surface area contributed by atoms with Crippen molar-refractivity contribution in [3.63, 3.8) is 0 Å². The van der Waals surface area contributed by atoms with E-state index in [2.05, 4.69) is 17.5 Å². The normalized spacial score (nSPS) is 14.9. The van der Waals surface area contributed by atoms with Gasteiger partial charge >= 0.3 is 5.97 Å². The van der Waals surface area contributed by atoms with E-state index in [0.29, 0.717) is 22.2 Å². The molecular weight excluding hydrogens is 501 g/mol.